The topological polar surface area (TPSA) is 61.4 Å². The number of benzene rings is 1. The van der Waals surface area contributed by atoms with Gasteiger partial charge in [-0.1, -0.05) is 18.9 Å². The molecule has 4 unspecified atom stereocenters. The smallest absolute Gasteiger partial charge is 0.237 e. The summed E-state index contributed by atoms with van der Waals surface area (Å²) in [6, 6.07) is 5.46. The number of hydrogen-bond acceptors (Lipinski definition) is 3. The fraction of sp³-hybridized carbons (Fsp3) is 0.619. The summed E-state index contributed by atoms with van der Waals surface area (Å²) in [5, 5.41) is 0. The molecule has 2 aliphatic heterocycles. The maximum Gasteiger partial charge on any atom is 0.237 e. The summed E-state index contributed by atoms with van der Waals surface area (Å²) in [5.74, 6) is 0.356. The Labute approximate surface area is 158 Å². The Morgan fingerprint density at radius 2 is 1.96 bits per heavy atom. The minimum Gasteiger partial charge on any atom is -0.306 e. The van der Waals surface area contributed by atoms with Crippen molar-refractivity contribution in [1.29, 1.82) is 0 Å². The van der Waals surface area contributed by atoms with Crippen molar-refractivity contribution < 1.29 is 14.0 Å². The Balaban J connectivity index is 1.38. The number of carbonyl (C=O) groups excluding carboxylic acids is 2. The molecule has 4 aliphatic rings. The normalized spacial score (nSPS) is 35.3. The van der Waals surface area contributed by atoms with Crippen LogP contribution in [0.1, 0.15) is 50.5 Å². The molecule has 5 atom stereocenters. The molecule has 0 radical (unpaired) electrons. The van der Waals surface area contributed by atoms with Gasteiger partial charge in [-0.2, -0.15) is 0 Å². The summed E-state index contributed by atoms with van der Waals surface area (Å²) in [4.78, 5) is 26.4. The number of fused-ring (bicyclic) bond motifs is 3. The van der Waals surface area contributed by atoms with Gasteiger partial charge in [0.25, 0.3) is 0 Å². The van der Waals surface area contributed by atoms with E-state index in [1.165, 1.54) is 6.07 Å². The standard InChI is InChI=1S/C21H26FN3O2/c22-17-8-5-12(10-19(17)25-14-7-6-13(11-14)21(25)27)9-18-15-3-1-2-4-16(15)20(26)24-23-18/h5,8,10,13-16,18,23H,1-4,6-7,9,11H2,(H,24,26)/t13-,14?,15?,16?,18?/m1/s1. The predicted molar refractivity (Wildman–Crippen MR) is 99.2 cm³/mol. The van der Waals surface area contributed by atoms with Crippen LogP contribution in [-0.2, 0) is 16.0 Å². The summed E-state index contributed by atoms with van der Waals surface area (Å²) in [7, 11) is 0. The van der Waals surface area contributed by atoms with Crippen molar-refractivity contribution in [3.63, 3.8) is 0 Å². The first-order valence-corrected chi connectivity index (χ1v) is 10.3. The Hall–Kier alpha value is -1.95. The molecular weight excluding hydrogens is 345 g/mol. The van der Waals surface area contributed by atoms with E-state index in [9.17, 15) is 14.0 Å². The van der Waals surface area contributed by atoms with Gasteiger partial charge in [-0.15, -0.1) is 0 Å². The van der Waals surface area contributed by atoms with Crippen molar-refractivity contribution in [2.45, 2.75) is 63.5 Å². The van der Waals surface area contributed by atoms with E-state index >= 15 is 0 Å². The highest BCUT2D eigenvalue weighted by atomic mass is 19.1. The zero-order chi connectivity index (χ0) is 18.5. The largest absolute Gasteiger partial charge is 0.306 e. The molecule has 2 saturated heterocycles. The first kappa shape index (κ1) is 17.2. The molecule has 2 aliphatic carbocycles. The molecular formula is C21H26FN3O2. The van der Waals surface area contributed by atoms with E-state index in [4.69, 9.17) is 0 Å². The zero-order valence-corrected chi connectivity index (χ0v) is 15.4. The summed E-state index contributed by atoms with van der Waals surface area (Å²) < 4.78 is 14.6. The van der Waals surface area contributed by atoms with E-state index in [1.54, 1.807) is 4.90 Å². The highest BCUT2D eigenvalue weighted by Gasteiger charge is 2.46. The number of hydrogen-bond donors (Lipinski definition) is 2. The molecule has 5 rings (SSSR count). The highest BCUT2D eigenvalue weighted by Crippen LogP contribution is 2.42. The Bertz CT molecular complexity index is 783. The van der Waals surface area contributed by atoms with Crippen LogP contribution in [0.3, 0.4) is 0 Å². The van der Waals surface area contributed by atoms with E-state index in [2.05, 4.69) is 10.9 Å². The molecule has 6 heteroatoms. The number of nitrogens with one attached hydrogen (secondary N) is 2. The van der Waals surface area contributed by atoms with Gasteiger partial charge in [0.05, 0.1) is 5.69 Å². The van der Waals surface area contributed by atoms with Gasteiger partial charge in [0.2, 0.25) is 11.8 Å². The van der Waals surface area contributed by atoms with Gasteiger partial charge in [0, 0.05) is 23.9 Å². The third-order valence-electron chi connectivity index (χ3n) is 7.14. The molecule has 1 aromatic carbocycles. The molecule has 2 N–H and O–H groups in total. The number of carbonyl (C=O) groups is 2. The minimum absolute atomic E-state index is 0.0799. The molecule has 4 fully saturated rings. The third kappa shape index (κ3) is 2.85. The average Bonchev–Trinajstić information content (AvgIpc) is 3.27. The number of rotatable bonds is 3. The first-order valence-electron chi connectivity index (χ1n) is 10.3. The van der Waals surface area contributed by atoms with Crippen LogP contribution in [0.25, 0.3) is 0 Å². The van der Waals surface area contributed by atoms with Crippen LogP contribution < -0.4 is 15.8 Å². The fourth-order valence-electron chi connectivity index (χ4n) is 5.76. The van der Waals surface area contributed by atoms with Crippen molar-refractivity contribution >= 4 is 17.5 Å². The predicted octanol–water partition coefficient (Wildman–Crippen LogP) is 2.69. The maximum absolute atomic E-state index is 14.6. The minimum atomic E-state index is -0.319. The molecule has 27 heavy (non-hydrogen) atoms. The lowest BCUT2D eigenvalue weighted by Crippen LogP contribution is -2.60. The SMILES string of the molecule is O=C1NNC(Cc2ccc(F)c(N3C(=O)[C@@H]4CCC3C4)c2)C2CCCCC12. The van der Waals surface area contributed by atoms with E-state index in [0.717, 1.165) is 56.9 Å². The summed E-state index contributed by atoms with van der Waals surface area (Å²) in [5.41, 5.74) is 7.47. The van der Waals surface area contributed by atoms with Crippen LogP contribution >= 0.6 is 0 Å². The van der Waals surface area contributed by atoms with Crippen LogP contribution in [0, 0.1) is 23.6 Å². The van der Waals surface area contributed by atoms with E-state index < -0.39 is 0 Å². The number of hydrazine groups is 1. The molecule has 1 aromatic rings. The van der Waals surface area contributed by atoms with Gasteiger partial charge < -0.3 is 4.90 Å². The van der Waals surface area contributed by atoms with Crippen molar-refractivity contribution in [2.24, 2.45) is 17.8 Å². The highest BCUT2D eigenvalue weighted by molar-refractivity contribution is 5.99. The van der Waals surface area contributed by atoms with Crippen molar-refractivity contribution in [2.75, 3.05) is 4.90 Å². The van der Waals surface area contributed by atoms with Gasteiger partial charge in [0.1, 0.15) is 5.82 Å². The number of piperidine rings is 1. The third-order valence-corrected chi connectivity index (χ3v) is 7.14. The van der Waals surface area contributed by atoms with Crippen LogP contribution in [0.4, 0.5) is 10.1 Å². The van der Waals surface area contributed by atoms with Crippen molar-refractivity contribution in [3.05, 3.63) is 29.6 Å². The second-order valence-electron chi connectivity index (χ2n) is 8.66. The number of anilines is 1. The second kappa shape index (κ2) is 6.59. The molecule has 144 valence electrons. The molecule has 0 aromatic heterocycles. The molecule has 2 saturated carbocycles. The van der Waals surface area contributed by atoms with Crippen LogP contribution in [0.2, 0.25) is 0 Å². The Kier molecular flexibility index (Phi) is 4.19. The van der Waals surface area contributed by atoms with E-state index in [0.29, 0.717) is 11.6 Å². The summed E-state index contributed by atoms with van der Waals surface area (Å²) >= 11 is 0. The average molecular weight is 371 g/mol. The monoisotopic (exact) mass is 371 g/mol. The molecule has 2 amide bonds. The lowest BCUT2D eigenvalue weighted by molar-refractivity contribution is -0.133. The van der Waals surface area contributed by atoms with Gasteiger partial charge in [-0.25, -0.2) is 9.82 Å². The first-order chi connectivity index (χ1) is 13.1. The second-order valence-corrected chi connectivity index (χ2v) is 8.66. The number of nitrogens with zero attached hydrogens (tertiary/aromatic N) is 1. The Morgan fingerprint density at radius 3 is 2.78 bits per heavy atom. The summed E-state index contributed by atoms with van der Waals surface area (Å²) in [6.07, 6.45) is 7.78. The lowest BCUT2D eigenvalue weighted by atomic mass is 9.72. The molecule has 5 nitrogen and oxygen atoms in total. The fourth-order valence-corrected chi connectivity index (χ4v) is 5.76. The van der Waals surface area contributed by atoms with Crippen LogP contribution in [0.5, 0.6) is 0 Å². The van der Waals surface area contributed by atoms with E-state index in [1.807, 2.05) is 12.1 Å². The molecule has 0 spiro atoms. The molecule has 2 bridgehead atoms. The summed E-state index contributed by atoms with van der Waals surface area (Å²) in [6.45, 7) is 0. The van der Waals surface area contributed by atoms with Gasteiger partial charge in [-0.3, -0.25) is 15.0 Å². The van der Waals surface area contributed by atoms with Gasteiger partial charge >= 0.3 is 0 Å². The van der Waals surface area contributed by atoms with Gasteiger partial charge in [-0.05, 0) is 62.1 Å². The zero-order valence-electron chi connectivity index (χ0n) is 15.4. The quantitative estimate of drug-likeness (QED) is 0.859. The number of amides is 2. The van der Waals surface area contributed by atoms with Gasteiger partial charge in [0.15, 0.2) is 0 Å². The van der Waals surface area contributed by atoms with Crippen LogP contribution in [-0.4, -0.2) is 23.9 Å². The maximum atomic E-state index is 14.6. The van der Waals surface area contributed by atoms with Crippen molar-refractivity contribution in [3.8, 4) is 0 Å². The van der Waals surface area contributed by atoms with Crippen molar-refractivity contribution in [1.82, 2.24) is 10.9 Å². The Morgan fingerprint density at radius 1 is 1.11 bits per heavy atom. The number of halogens is 1. The van der Waals surface area contributed by atoms with E-state index in [-0.39, 0.29) is 41.6 Å². The lowest BCUT2D eigenvalue weighted by Gasteiger charge is -2.41. The molecule has 2 heterocycles. The van der Waals surface area contributed by atoms with Crippen LogP contribution in [0.15, 0.2) is 18.2 Å².